The minimum absolute atomic E-state index is 0. The lowest BCUT2D eigenvalue weighted by Gasteiger charge is -2.15. The summed E-state index contributed by atoms with van der Waals surface area (Å²) in [4.78, 5) is 0. The summed E-state index contributed by atoms with van der Waals surface area (Å²) in [6.45, 7) is 2.12. The number of aryl methyl sites for hydroxylation is 1. The van der Waals surface area contributed by atoms with Crippen LogP contribution in [0.4, 0.5) is 0 Å². The van der Waals surface area contributed by atoms with Crippen LogP contribution in [0.3, 0.4) is 0 Å². The summed E-state index contributed by atoms with van der Waals surface area (Å²) >= 11 is 0. The lowest BCUT2D eigenvalue weighted by atomic mass is 9.95. The van der Waals surface area contributed by atoms with Gasteiger partial charge in [0.25, 0.3) is 0 Å². The Kier molecular flexibility index (Phi) is 4.28. The quantitative estimate of drug-likeness (QED) is 0.884. The fraction of sp³-hybridized carbons (Fsp3) is 0.294. The van der Waals surface area contributed by atoms with Crippen LogP contribution < -0.4 is 5.73 Å². The molecule has 0 spiro atoms. The van der Waals surface area contributed by atoms with E-state index >= 15 is 0 Å². The smallest absolute Gasteiger partial charge is 0.0554 e. The number of nitrogens with two attached hydrogens (primary N) is 1. The van der Waals surface area contributed by atoms with Gasteiger partial charge < -0.3 is 5.73 Å². The van der Waals surface area contributed by atoms with Gasteiger partial charge in [-0.3, -0.25) is 0 Å². The van der Waals surface area contributed by atoms with E-state index in [-0.39, 0.29) is 18.4 Å². The van der Waals surface area contributed by atoms with Gasteiger partial charge in [-0.1, -0.05) is 48.5 Å². The largest absolute Gasteiger partial charge is 0.320 e. The van der Waals surface area contributed by atoms with Crippen LogP contribution in [0.5, 0.6) is 0 Å². The molecule has 1 fully saturated rings. The van der Waals surface area contributed by atoms with E-state index in [1.54, 1.807) is 0 Å². The van der Waals surface area contributed by atoms with E-state index in [1.807, 2.05) is 0 Å². The third-order valence-electron chi connectivity index (χ3n) is 3.87. The van der Waals surface area contributed by atoms with E-state index in [0.29, 0.717) is 0 Å². The number of hydrogen-bond donors (Lipinski definition) is 1. The zero-order valence-corrected chi connectivity index (χ0v) is 12.0. The van der Waals surface area contributed by atoms with Gasteiger partial charge in [0.2, 0.25) is 0 Å². The van der Waals surface area contributed by atoms with Crippen LogP contribution in [0, 0.1) is 6.92 Å². The van der Waals surface area contributed by atoms with Crippen molar-refractivity contribution in [3.05, 3.63) is 70.8 Å². The van der Waals surface area contributed by atoms with Crippen molar-refractivity contribution in [1.29, 1.82) is 0 Å². The first-order chi connectivity index (χ1) is 8.75. The van der Waals surface area contributed by atoms with Crippen LogP contribution in [0.1, 0.15) is 47.1 Å². The van der Waals surface area contributed by atoms with Crippen LogP contribution in [-0.4, -0.2) is 0 Å². The average molecular weight is 274 g/mol. The Bertz CT molecular complexity index is 543. The molecule has 0 bridgehead atoms. The zero-order chi connectivity index (χ0) is 12.5. The Morgan fingerprint density at radius 2 is 1.63 bits per heavy atom. The molecule has 1 saturated carbocycles. The van der Waals surface area contributed by atoms with Gasteiger partial charge in [0.05, 0.1) is 6.04 Å². The van der Waals surface area contributed by atoms with Crippen LogP contribution >= 0.6 is 12.4 Å². The minimum atomic E-state index is -0.0144. The highest BCUT2D eigenvalue weighted by atomic mass is 35.5. The summed E-state index contributed by atoms with van der Waals surface area (Å²) in [7, 11) is 0. The molecule has 1 unspecified atom stereocenters. The summed E-state index contributed by atoms with van der Waals surface area (Å²) in [5.41, 5.74) is 11.5. The molecule has 2 N–H and O–H groups in total. The third-order valence-corrected chi connectivity index (χ3v) is 3.87. The Balaban J connectivity index is 0.00000133. The predicted octanol–water partition coefficient (Wildman–Crippen LogP) is 4.34. The molecule has 0 radical (unpaired) electrons. The van der Waals surface area contributed by atoms with Gasteiger partial charge in [0, 0.05) is 0 Å². The Morgan fingerprint density at radius 3 is 2.21 bits per heavy atom. The maximum atomic E-state index is 6.36. The van der Waals surface area contributed by atoms with E-state index in [0.717, 1.165) is 5.92 Å². The first kappa shape index (κ1) is 14.1. The third kappa shape index (κ3) is 2.99. The zero-order valence-electron chi connectivity index (χ0n) is 11.2. The van der Waals surface area contributed by atoms with Crippen molar-refractivity contribution in [2.75, 3.05) is 0 Å². The Labute approximate surface area is 121 Å². The predicted molar refractivity (Wildman–Crippen MR) is 82.9 cm³/mol. The van der Waals surface area contributed by atoms with Crippen LogP contribution in [0.15, 0.2) is 48.5 Å². The summed E-state index contributed by atoms with van der Waals surface area (Å²) in [6.07, 6.45) is 2.70. The lowest BCUT2D eigenvalue weighted by molar-refractivity contribution is 0.860. The van der Waals surface area contributed by atoms with Crippen molar-refractivity contribution in [2.45, 2.75) is 31.7 Å². The molecule has 1 aliphatic rings. The Hall–Kier alpha value is -1.31. The standard InChI is InChI=1S/C17H19N.ClH/c1-12-4-2-3-5-16(12)17(18)15-10-8-14(9-11-15)13-6-7-13;/h2-5,8-11,13,17H,6-7,18H2,1H3;1H. The summed E-state index contributed by atoms with van der Waals surface area (Å²) in [5, 5.41) is 0. The summed E-state index contributed by atoms with van der Waals surface area (Å²) in [6, 6.07) is 17.2. The van der Waals surface area contributed by atoms with Crippen molar-refractivity contribution in [2.24, 2.45) is 5.73 Å². The number of hydrogen-bond acceptors (Lipinski definition) is 1. The molecular weight excluding hydrogens is 254 g/mol. The van der Waals surface area contributed by atoms with E-state index in [1.165, 1.54) is 35.1 Å². The first-order valence-corrected chi connectivity index (χ1v) is 6.66. The molecule has 0 aliphatic heterocycles. The minimum Gasteiger partial charge on any atom is -0.320 e. The van der Waals surface area contributed by atoms with Crippen molar-refractivity contribution < 1.29 is 0 Å². The van der Waals surface area contributed by atoms with Gasteiger partial charge in [-0.2, -0.15) is 0 Å². The van der Waals surface area contributed by atoms with E-state index < -0.39 is 0 Å². The molecule has 2 aromatic rings. The SMILES string of the molecule is Cc1ccccc1C(N)c1ccc(C2CC2)cc1.Cl. The molecular formula is C17H20ClN. The molecule has 0 saturated heterocycles. The number of benzene rings is 2. The molecule has 1 atom stereocenters. The average Bonchev–Trinajstić information content (AvgIpc) is 3.23. The monoisotopic (exact) mass is 273 g/mol. The lowest BCUT2D eigenvalue weighted by Crippen LogP contribution is -2.13. The van der Waals surface area contributed by atoms with Gasteiger partial charge in [-0.15, -0.1) is 12.4 Å². The second-order valence-corrected chi connectivity index (χ2v) is 5.28. The Morgan fingerprint density at radius 1 is 1.00 bits per heavy atom. The first-order valence-electron chi connectivity index (χ1n) is 6.66. The highest BCUT2D eigenvalue weighted by molar-refractivity contribution is 5.85. The second-order valence-electron chi connectivity index (χ2n) is 5.28. The maximum Gasteiger partial charge on any atom is 0.0554 e. The molecule has 1 nitrogen and oxygen atoms in total. The second kappa shape index (κ2) is 5.77. The summed E-state index contributed by atoms with van der Waals surface area (Å²) in [5.74, 6) is 0.814. The fourth-order valence-corrected chi connectivity index (χ4v) is 2.51. The van der Waals surface area contributed by atoms with Crippen LogP contribution in [0.2, 0.25) is 0 Å². The highest BCUT2D eigenvalue weighted by Crippen LogP contribution is 2.40. The fourth-order valence-electron chi connectivity index (χ4n) is 2.51. The molecule has 19 heavy (non-hydrogen) atoms. The van der Waals surface area contributed by atoms with Crippen molar-refractivity contribution >= 4 is 12.4 Å². The molecule has 0 aromatic heterocycles. The summed E-state index contributed by atoms with van der Waals surface area (Å²) < 4.78 is 0. The van der Waals surface area contributed by atoms with Gasteiger partial charge in [-0.25, -0.2) is 0 Å². The molecule has 0 amide bonds. The highest BCUT2D eigenvalue weighted by Gasteiger charge is 2.23. The van der Waals surface area contributed by atoms with Gasteiger partial charge >= 0.3 is 0 Å². The van der Waals surface area contributed by atoms with Crippen molar-refractivity contribution in [3.8, 4) is 0 Å². The number of rotatable bonds is 3. The van der Waals surface area contributed by atoms with E-state index in [4.69, 9.17) is 5.73 Å². The topological polar surface area (TPSA) is 26.0 Å². The molecule has 2 aromatic carbocycles. The van der Waals surface area contributed by atoms with E-state index in [9.17, 15) is 0 Å². The molecule has 100 valence electrons. The number of halogens is 1. The normalized spacial score (nSPS) is 15.7. The van der Waals surface area contributed by atoms with Crippen LogP contribution in [0.25, 0.3) is 0 Å². The van der Waals surface area contributed by atoms with Gasteiger partial charge in [-0.05, 0) is 47.9 Å². The molecule has 2 heteroatoms. The van der Waals surface area contributed by atoms with Crippen LogP contribution in [-0.2, 0) is 0 Å². The van der Waals surface area contributed by atoms with Gasteiger partial charge in [0.15, 0.2) is 0 Å². The van der Waals surface area contributed by atoms with Crippen molar-refractivity contribution in [3.63, 3.8) is 0 Å². The van der Waals surface area contributed by atoms with E-state index in [2.05, 4.69) is 55.5 Å². The molecule has 0 heterocycles. The van der Waals surface area contributed by atoms with Gasteiger partial charge in [0.1, 0.15) is 0 Å². The molecule has 3 rings (SSSR count). The van der Waals surface area contributed by atoms with Crippen molar-refractivity contribution in [1.82, 2.24) is 0 Å². The maximum absolute atomic E-state index is 6.36. The molecule has 1 aliphatic carbocycles.